The van der Waals surface area contributed by atoms with Crippen molar-refractivity contribution in [2.75, 3.05) is 26.3 Å². The third kappa shape index (κ3) is 1.80. The monoisotopic (exact) mass is 213 g/mol. The molecular formula is C11H19NO3. The first-order valence-corrected chi connectivity index (χ1v) is 5.89. The predicted molar refractivity (Wildman–Crippen MR) is 54.3 cm³/mol. The van der Waals surface area contributed by atoms with Crippen LogP contribution < -0.4 is 5.32 Å². The second-order valence-corrected chi connectivity index (χ2v) is 5.21. The summed E-state index contributed by atoms with van der Waals surface area (Å²) < 4.78 is 17.2. The van der Waals surface area contributed by atoms with Crippen molar-refractivity contribution in [2.45, 2.75) is 37.8 Å². The normalized spacial score (nSPS) is 46.2. The zero-order chi connectivity index (χ0) is 10.4. The van der Waals surface area contributed by atoms with Crippen molar-refractivity contribution in [1.82, 2.24) is 5.32 Å². The minimum Gasteiger partial charge on any atom is -0.324 e. The van der Waals surface area contributed by atoms with E-state index in [9.17, 15) is 0 Å². The molecule has 15 heavy (non-hydrogen) atoms. The molecule has 0 radical (unpaired) electrons. The summed E-state index contributed by atoms with van der Waals surface area (Å²) in [6, 6.07) is 0. The highest BCUT2D eigenvalue weighted by molar-refractivity contribution is 4.91. The molecule has 0 aromatic carbocycles. The molecule has 0 aliphatic carbocycles. The lowest BCUT2D eigenvalue weighted by Gasteiger charge is -2.30. The maximum absolute atomic E-state index is 5.89. The first-order chi connectivity index (χ1) is 7.20. The van der Waals surface area contributed by atoms with Gasteiger partial charge in [-0.1, -0.05) is 0 Å². The predicted octanol–water partition coefficient (Wildman–Crippen LogP) is 0.866. The van der Waals surface area contributed by atoms with Crippen LogP contribution in [0.15, 0.2) is 0 Å². The minimum absolute atomic E-state index is 0.188. The molecule has 2 bridgehead atoms. The molecule has 0 aromatic heterocycles. The van der Waals surface area contributed by atoms with E-state index in [0.717, 1.165) is 19.5 Å². The molecule has 0 aromatic rings. The van der Waals surface area contributed by atoms with Crippen molar-refractivity contribution in [3.63, 3.8) is 0 Å². The van der Waals surface area contributed by atoms with Crippen LogP contribution in [-0.4, -0.2) is 37.9 Å². The topological polar surface area (TPSA) is 39.7 Å². The van der Waals surface area contributed by atoms with Gasteiger partial charge in [0.25, 0.3) is 5.97 Å². The fourth-order valence-corrected chi connectivity index (χ4v) is 2.70. The van der Waals surface area contributed by atoms with Gasteiger partial charge in [-0.3, -0.25) is 0 Å². The van der Waals surface area contributed by atoms with Crippen molar-refractivity contribution in [2.24, 2.45) is 5.92 Å². The molecule has 1 N–H and O–H groups in total. The zero-order valence-corrected chi connectivity index (χ0v) is 9.25. The van der Waals surface area contributed by atoms with E-state index < -0.39 is 5.97 Å². The van der Waals surface area contributed by atoms with Gasteiger partial charge in [0.1, 0.15) is 5.60 Å². The van der Waals surface area contributed by atoms with Crippen LogP contribution in [0.2, 0.25) is 0 Å². The summed E-state index contributed by atoms with van der Waals surface area (Å²) in [4.78, 5) is 0. The van der Waals surface area contributed by atoms with Crippen LogP contribution >= 0.6 is 0 Å². The maximum atomic E-state index is 5.89. The molecule has 3 saturated heterocycles. The Kier molecular flexibility index (Phi) is 2.28. The number of ether oxygens (including phenoxy) is 3. The molecule has 0 atom stereocenters. The Hall–Kier alpha value is -0.160. The summed E-state index contributed by atoms with van der Waals surface area (Å²) in [5.41, 5.74) is -0.188. The number of hydrogen-bond acceptors (Lipinski definition) is 4. The lowest BCUT2D eigenvalue weighted by Crippen LogP contribution is -2.38. The third-order valence-electron chi connectivity index (χ3n) is 3.59. The highest BCUT2D eigenvalue weighted by Gasteiger charge is 2.56. The van der Waals surface area contributed by atoms with Gasteiger partial charge in [-0.15, -0.1) is 0 Å². The first-order valence-electron chi connectivity index (χ1n) is 5.89. The lowest BCUT2D eigenvalue weighted by atomic mass is 9.93. The third-order valence-corrected chi connectivity index (χ3v) is 3.59. The molecule has 0 amide bonds. The van der Waals surface area contributed by atoms with Gasteiger partial charge in [-0.2, -0.15) is 0 Å². The van der Waals surface area contributed by atoms with Crippen LogP contribution in [0.5, 0.6) is 0 Å². The SMILES string of the molecule is CC12COC(CC3CCNCC3)(OC1)O2. The van der Waals surface area contributed by atoms with Gasteiger partial charge in [0.2, 0.25) is 0 Å². The molecule has 0 unspecified atom stereocenters. The van der Waals surface area contributed by atoms with E-state index in [-0.39, 0.29) is 5.60 Å². The summed E-state index contributed by atoms with van der Waals surface area (Å²) in [5.74, 6) is -0.0248. The first kappa shape index (κ1) is 10.0. The van der Waals surface area contributed by atoms with Crippen LogP contribution in [0.25, 0.3) is 0 Å². The van der Waals surface area contributed by atoms with E-state index in [0.29, 0.717) is 19.1 Å². The Balaban J connectivity index is 1.63. The number of rotatable bonds is 2. The highest BCUT2D eigenvalue weighted by atomic mass is 16.9. The number of hydrogen-bond donors (Lipinski definition) is 1. The summed E-state index contributed by atoms with van der Waals surface area (Å²) in [6.07, 6.45) is 3.30. The van der Waals surface area contributed by atoms with Crippen molar-refractivity contribution in [3.8, 4) is 0 Å². The Morgan fingerprint density at radius 3 is 2.40 bits per heavy atom. The van der Waals surface area contributed by atoms with Crippen molar-refractivity contribution in [3.05, 3.63) is 0 Å². The lowest BCUT2D eigenvalue weighted by molar-refractivity contribution is -0.307. The van der Waals surface area contributed by atoms with Crippen LogP contribution in [0, 0.1) is 5.92 Å². The van der Waals surface area contributed by atoms with Crippen LogP contribution in [-0.2, 0) is 14.2 Å². The average molecular weight is 213 g/mol. The molecule has 3 fully saturated rings. The van der Waals surface area contributed by atoms with E-state index >= 15 is 0 Å². The van der Waals surface area contributed by atoms with Gasteiger partial charge in [0.05, 0.1) is 13.2 Å². The highest BCUT2D eigenvalue weighted by Crippen LogP contribution is 2.44. The molecule has 3 rings (SSSR count). The second kappa shape index (κ2) is 3.42. The molecule has 4 heteroatoms. The molecule has 4 nitrogen and oxygen atoms in total. The van der Waals surface area contributed by atoms with Crippen LogP contribution in [0.3, 0.4) is 0 Å². The average Bonchev–Trinajstić information content (AvgIpc) is 2.73. The molecule has 0 saturated carbocycles. The van der Waals surface area contributed by atoms with Gasteiger partial charge < -0.3 is 19.5 Å². The maximum Gasteiger partial charge on any atom is 0.284 e. The minimum atomic E-state index is -0.698. The molecular weight excluding hydrogens is 194 g/mol. The van der Waals surface area contributed by atoms with Crippen molar-refractivity contribution >= 4 is 0 Å². The van der Waals surface area contributed by atoms with Gasteiger partial charge in [-0.25, -0.2) is 0 Å². The van der Waals surface area contributed by atoms with E-state index in [4.69, 9.17) is 14.2 Å². The molecule has 0 spiro atoms. The van der Waals surface area contributed by atoms with Crippen molar-refractivity contribution < 1.29 is 14.2 Å². The number of fused-ring (bicyclic) bond motifs is 2. The number of piperidine rings is 1. The van der Waals surface area contributed by atoms with Crippen LogP contribution in [0.1, 0.15) is 26.2 Å². The van der Waals surface area contributed by atoms with Gasteiger partial charge in [-0.05, 0) is 38.8 Å². The molecule has 86 valence electrons. The Morgan fingerprint density at radius 1 is 1.20 bits per heavy atom. The summed E-state index contributed by atoms with van der Waals surface area (Å²) in [7, 11) is 0. The van der Waals surface area contributed by atoms with Crippen molar-refractivity contribution in [1.29, 1.82) is 0 Å². The molecule has 3 aliphatic heterocycles. The second-order valence-electron chi connectivity index (χ2n) is 5.21. The standard InChI is InChI=1S/C11H19NO3/c1-10-7-13-11(15-10,14-8-10)6-9-2-4-12-5-3-9/h9,12H,2-8H2,1H3. The summed E-state index contributed by atoms with van der Waals surface area (Å²) in [6.45, 7) is 5.64. The van der Waals surface area contributed by atoms with E-state index in [1.807, 2.05) is 0 Å². The van der Waals surface area contributed by atoms with E-state index in [1.54, 1.807) is 0 Å². The van der Waals surface area contributed by atoms with Crippen LogP contribution in [0.4, 0.5) is 0 Å². The quantitative estimate of drug-likeness (QED) is 0.738. The number of nitrogens with one attached hydrogen (secondary N) is 1. The van der Waals surface area contributed by atoms with E-state index in [2.05, 4.69) is 12.2 Å². The Labute approximate surface area is 90.3 Å². The van der Waals surface area contributed by atoms with E-state index in [1.165, 1.54) is 12.8 Å². The van der Waals surface area contributed by atoms with Gasteiger partial charge in [0.15, 0.2) is 0 Å². The zero-order valence-electron chi connectivity index (χ0n) is 9.25. The fraction of sp³-hybridized carbons (Fsp3) is 1.00. The largest absolute Gasteiger partial charge is 0.324 e. The Bertz CT molecular complexity index is 242. The molecule has 3 heterocycles. The van der Waals surface area contributed by atoms with Gasteiger partial charge >= 0.3 is 0 Å². The Morgan fingerprint density at radius 2 is 1.87 bits per heavy atom. The summed E-state index contributed by atoms with van der Waals surface area (Å²) in [5, 5.41) is 3.37. The molecule has 3 aliphatic rings. The fourth-order valence-electron chi connectivity index (χ4n) is 2.70. The smallest absolute Gasteiger partial charge is 0.284 e. The summed E-state index contributed by atoms with van der Waals surface area (Å²) >= 11 is 0. The van der Waals surface area contributed by atoms with Gasteiger partial charge in [0, 0.05) is 6.42 Å².